The van der Waals surface area contributed by atoms with Crippen molar-refractivity contribution in [3.8, 4) is 0 Å². The van der Waals surface area contributed by atoms with E-state index >= 15 is 0 Å². The van der Waals surface area contributed by atoms with Gasteiger partial charge in [0, 0.05) is 19.7 Å². The van der Waals surface area contributed by atoms with Gasteiger partial charge in [0.05, 0.1) is 13.2 Å². The number of rotatable bonds is 8. The Kier molecular flexibility index (Phi) is 6.53. The third kappa shape index (κ3) is 5.01. The fourth-order valence-corrected chi connectivity index (χ4v) is 2.37. The van der Waals surface area contributed by atoms with Crippen molar-refractivity contribution < 1.29 is 14.6 Å². The van der Waals surface area contributed by atoms with E-state index in [1.807, 2.05) is 35.2 Å². The highest BCUT2D eigenvalue weighted by Crippen LogP contribution is 2.28. The zero-order valence-corrected chi connectivity index (χ0v) is 11.9. The summed E-state index contributed by atoms with van der Waals surface area (Å²) in [6.45, 7) is 5.39. The normalized spacial score (nSPS) is 12.9. The highest BCUT2D eigenvalue weighted by Gasteiger charge is 2.24. The molecule has 0 fully saturated rings. The fraction of sp³-hybridized carbons (Fsp3) is 0.533. The van der Waals surface area contributed by atoms with E-state index in [0.717, 1.165) is 5.56 Å². The van der Waals surface area contributed by atoms with E-state index in [4.69, 9.17) is 9.84 Å². The van der Waals surface area contributed by atoms with Gasteiger partial charge in [0.25, 0.3) is 0 Å². The summed E-state index contributed by atoms with van der Waals surface area (Å²) in [7, 11) is 1.63. The molecule has 1 N–H and O–H groups in total. The number of carboxylic acid groups (broad SMARTS) is 1. The largest absolute Gasteiger partial charge is 0.480 e. The van der Waals surface area contributed by atoms with E-state index in [-0.39, 0.29) is 12.6 Å². The van der Waals surface area contributed by atoms with Crippen LogP contribution < -0.4 is 0 Å². The van der Waals surface area contributed by atoms with Crippen LogP contribution in [0.5, 0.6) is 0 Å². The van der Waals surface area contributed by atoms with E-state index in [2.05, 4.69) is 13.8 Å². The van der Waals surface area contributed by atoms with Crippen LogP contribution in [0.4, 0.5) is 0 Å². The monoisotopic (exact) mass is 265 g/mol. The lowest BCUT2D eigenvalue weighted by Crippen LogP contribution is -2.38. The molecule has 106 valence electrons. The maximum atomic E-state index is 11.0. The highest BCUT2D eigenvalue weighted by molar-refractivity contribution is 5.69. The minimum absolute atomic E-state index is 0.0289. The molecule has 0 bridgehead atoms. The van der Waals surface area contributed by atoms with Gasteiger partial charge in [-0.05, 0) is 11.5 Å². The van der Waals surface area contributed by atoms with Crippen LogP contribution in [0.3, 0.4) is 0 Å². The van der Waals surface area contributed by atoms with Gasteiger partial charge < -0.3 is 9.84 Å². The van der Waals surface area contributed by atoms with Crippen molar-refractivity contribution in [2.45, 2.75) is 19.9 Å². The molecule has 1 aromatic rings. The first kappa shape index (κ1) is 15.7. The van der Waals surface area contributed by atoms with E-state index in [0.29, 0.717) is 19.1 Å². The number of ether oxygens (including phenoxy) is 1. The average Bonchev–Trinajstić information content (AvgIpc) is 2.36. The van der Waals surface area contributed by atoms with Gasteiger partial charge in [0.1, 0.15) is 0 Å². The van der Waals surface area contributed by atoms with Gasteiger partial charge in [-0.15, -0.1) is 0 Å². The lowest BCUT2D eigenvalue weighted by atomic mass is 9.94. The molecule has 0 aliphatic heterocycles. The molecule has 1 aromatic carbocycles. The van der Waals surface area contributed by atoms with Crippen LogP contribution in [0.1, 0.15) is 25.5 Å². The van der Waals surface area contributed by atoms with Crippen LogP contribution in [-0.2, 0) is 9.53 Å². The molecule has 1 unspecified atom stereocenters. The molecule has 4 nitrogen and oxygen atoms in total. The number of aliphatic carboxylic acids is 1. The zero-order chi connectivity index (χ0) is 14.3. The van der Waals surface area contributed by atoms with Crippen molar-refractivity contribution in [2.24, 2.45) is 5.92 Å². The second kappa shape index (κ2) is 7.92. The Hall–Kier alpha value is -1.39. The van der Waals surface area contributed by atoms with Crippen molar-refractivity contribution in [1.82, 2.24) is 4.90 Å². The lowest BCUT2D eigenvalue weighted by Gasteiger charge is -2.33. The molecule has 1 atom stereocenters. The first-order valence-electron chi connectivity index (χ1n) is 6.56. The van der Waals surface area contributed by atoms with Gasteiger partial charge >= 0.3 is 5.97 Å². The molecule has 0 saturated heterocycles. The molecule has 0 aromatic heterocycles. The van der Waals surface area contributed by atoms with Gasteiger partial charge in [-0.3, -0.25) is 9.69 Å². The van der Waals surface area contributed by atoms with Crippen molar-refractivity contribution >= 4 is 5.97 Å². The number of carbonyl (C=O) groups is 1. The Morgan fingerprint density at radius 3 is 2.42 bits per heavy atom. The number of hydrogen-bond acceptors (Lipinski definition) is 3. The molecule has 1 rings (SSSR count). The molecule has 0 aliphatic rings. The van der Waals surface area contributed by atoms with Crippen LogP contribution >= 0.6 is 0 Å². The predicted octanol–water partition coefficient (Wildman–Crippen LogP) is 2.42. The summed E-state index contributed by atoms with van der Waals surface area (Å²) in [5.74, 6) is -0.476. The van der Waals surface area contributed by atoms with Crippen LogP contribution in [0, 0.1) is 5.92 Å². The Labute approximate surface area is 115 Å². The van der Waals surface area contributed by atoms with Crippen molar-refractivity contribution in [3.63, 3.8) is 0 Å². The Morgan fingerprint density at radius 2 is 1.95 bits per heavy atom. The van der Waals surface area contributed by atoms with Crippen molar-refractivity contribution in [3.05, 3.63) is 35.9 Å². The number of nitrogens with zero attached hydrogens (tertiary/aromatic N) is 1. The van der Waals surface area contributed by atoms with Gasteiger partial charge in [-0.1, -0.05) is 44.2 Å². The quantitative estimate of drug-likeness (QED) is 0.784. The lowest BCUT2D eigenvalue weighted by molar-refractivity contribution is -0.139. The second-order valence-electron chi connectivity index (χ2n) is 4.96. The Balaban J connectivity index is 2.94. The molecule has 0 aliphatic carbocycles. The number of benzene rings is 1. The summed E-state index contributed by atoms with van der Waals surface area (Å²) in [6, 6.07) is 10.1. The molecule has 0 heterocycles. The molecule has 0 spiro atoms. The van der Waals surface area contributed by atoms with Crippen LogP contribution in [0.15, 0.2) is 30.3 Å². The van der Waals surface area contributed by atoms with E-state index in [1.54, 1.807) is 7.11 Å². The summed E-state index contributed by atoms with van der Waals surface area (Å²) in [6.07, 6.45) is 0. The minimum atomic E-state index is -0.808. The second-order valence-corrected chi connectivity index (χ2v) is 4.96. The molecule has 4 heteroatoms. The first-order chi connectivity index (χ1) is 9.06. The molecule has 0 saturated carbocycles. The van der Waals surface area contributed by atoms with Gasteiger partial charge in [0.15, 0.2) is 0 Å². The zero-order valence-electron chi connectivity index (χ0n) is 11.9. The summed E-state index contributed by atoms with van der Waals surface area (Å²) in [4.78, 5) is 13.0. The van der Waals surface area contributed by atoms with Crippen molar-refractivity contribution in [2.75, 3.05) is 26.8 Å². The van der Waals surface area contributed by atoms with E-state index in [9.17, 15) is 4.79 Å². The SMILES string of the molecule is COCCN(CC(=O)O)C(c1ccccc1)C(C)C. The maximum absolute atomic E-state index is 11.0. The van der Waals surface area contributed by atoms with Gasteiger partial charge in [-0.25, -0.2) is 0 Å². The first-order valence-corrected chi connectivity index (χ1v) is 6.56. The Bertz CT molecular complexity index is 378. The summed E-state index contributed by atoms with van der Waals surface area (Å²) < 4.78 is 5.09. The molecule has 0 radical (unpaired) electrons. The van der Waals surface area contributed by atoms with Crippen LogP contribution in [0.2, 0.25) is 0 Å². The number of hydrogen-bond donors (Lipinski definition) is 1. The smallest absolute Gasteiger partial charge is 0.317 e. The van der Waals surface area contributed by atoms with Crippen LogP contribution in [0.25, 0.3) is 0 Å². The topological polar surface area (TPSA) is 49.8 Å². The summed E-state index contributed by atoms with van der Waals surface area (Å²) in [5, 5.41) is 9.08. The van der Waals surface area contributed by atoms with E-state index < -0.39 is 5.97 Å². The number of carboxylic acids is 1. The third-order valence-corrected chi connectivity index (χ3v) is 3.09. The predicted molar refractivity (Wildman–Crippen MR) is 75.1 cm³/mol. The molecular formula is C15H23NO3. The van der Waals surface area contributed by atoms with Crippen LogP contribution in [-0.4, -0.2) is 42.8 Å². The standard InChI is InChI=1S/C15H23NO3/c1-12(2)15(13-7-5-4-6-8-13)16(9-10-19-3)11-14(17)18/h4-8,12,15H,9-11H2,1-3H3,(H,17,18). The maximum Gasteiger partial charge on any atom is 0.317 e. The Morgan fingerprint density at radius 1 is 1.32 bits per heavy atom. The number of methoxy groups -OCH3 is 1. The van der Waals surface area contributed by atoms with Gasteiger partial charge in [-0.2, -0.15) is 0 Å². The van der Waals surface area contributed by atoms with Gasteiger partial charge in [0.2, 0.25) is 0 Å². The third-order valence-electron chi connectivity index (χ3n) is 3.09. The van der Waals surface area contributed by atoms with Crippen molar-refractivity contribution in [1.29, 1.82) is 0 Å². The molecule has 19 heavy (non-hydrogen) atoms. The van der Waals surface area contributed by atoms with E-state index in [1.165, 1.54) is 0 Å². The summed E-state index contributed by atoms with van der Waals surface area (Å²) >= 11 is 0. The minimum Gasteiger partial charge on any atom is -0.480 e. The average molecular weight is 265 g/mol. The summed E-state index contributed by atoms with van der Waals surface area (Å²) in [5.41, 5.74) is 1.15. The fourth-order valence-electron chi connectivity index (χ4n) is 2.37. The highest BCUT2D eigenvalue weighted by atomic mass is 16.5. The molecule has 0 amide bonds. The molecular weight excluding hydrogens is 242 g/mol.